The van der Waals surface area contributed by atoms with Crippen LogP contribution in [0.5, 0.6) is 0 Å². The number of amides is 1. The van der Waals surface area contributed by atoms with Crippen molar-refractivity contribution in [3.05, 3.63) is 58.9 Å². The van der Waals surface area contributed by atoms with E-state index < -0.39 is 83.9 Å². The molecule has 5 nitrogen and oxygen atoms in total. The minimum absolute atomic E-state index is 0.256. The van der Waals surface area contributed by atoms with Crippen LogP contribution in [0.3, 0.4) is 0 Å². The molecule has 2 N–H and O–H groups in total. The average Bonchev–Trinajstić information content (AvgIpc) is 3.00. The quantitative estimate of drug-likeness (QED) is 0.569. The molecule has 1 fully saturated rings. The fourth-order valence-electron chi connectivity index (χ4n) is 3.29. The molecule has 1 aliphatic rings. The van der Waals surface area contributed by atoms with Gasteiger partial charge >= 0.3 is 6.18 Å². The highest BCUT2D eigenvalue weighted by Gasteiger charge is 2.52. The summed E-state index contributed by atoms with van der Waals surface area (Å²) in [6.07, 6.45) is -4.39. The maximum Gasteiger partial charge on any atom is 0.434 e. The number of hydrogen-bond acceptors (Lipinski definition) is 4. The predicted molar refractivity (Wildman–Crippen MR) is 89.4 cm³/mol. The molecule has 0 saturated carbocycles. The van der Waals surface area contributed by atoms with Crippen LogP contribution in [-0.2, 0) is 12.6 Å². The van der Waals surface area contributed by atoms with Crippen LogP contribution < -0.4 is 5.73 Å². The van der Waals surface area contributed by atoms with Gasteiger partial charge in [-0.1, -0.05) is 0 Å². The number of aromatic nitrogens is 2. The van der Waals surface area contributed by atoms with E-state index in [1.165, 1.54) is 0 Å². The molecule has 2 atom stereocenters. The lowest BCUT2D eigenvalue weighted by molar-refractivity contribution is -0.141. The summed E-state index contributed by atoms with van der Waals surface area (Å²) in [4.78, 5) is 19.4. The van der Waals surface area contributed by atoms with Gasteiger partial charge in [-0.05, 0) is 18.1 Å². The Labute approximate surface area is 169 Å². The van der Waals surface area contributed by atoms with E-state index in [4.69, 9.17) is 5.73 Å². The minimum Gasteiger partial charge on any atom is -0.331 e. The number of halogens is 8. The number of nitrogens with two attached hydrogens (primary N) is 1. The van der Waals surface area contributed by atoms with Gasteiger partial charge in [0.25, 0.3) is 11.8 Å². The SMILES string of the molecule is N[C@H](Cc1cc(F)c(F)cc1F)C1CN(C(=O)c2cncc(C(F)(F)F)n2)CC1(F)F. The monoisotopic (exact) mass is 454 g/mol. The lowest BCUT2D eigenvalue weighted by Crippen LogP contribution is -2.42. The summed E-state index contributed by atoms with van der Waals surface area (Å²) in [7, 11) is 0. The van der Waals surface area contributed by atoms with Gasteiger partial charge in [-0.25, -0.2) is 26.9 Å². The van der Waals surface area contributed by atoms with Crippen molar-refractivity contribution >= 4 is 5.91 Å². The second-order valence-corrected chi connectivity index (χ2v) is 7.07. The lowest BCUT2D eigenvalue weighted by atomic mass is 9.91. The van der Waals surface area contributed by atoms with Crippen LogP contribution in [0.4, 0.5) is 35.1 Å². The molecule has 31 heavy (non-hydrogen) atoms. The Bertz CT molecular complexity index is 997. The average molecular weight is 454 g/mol. The first-order chi connectivity index (χ1) is 14.3. The second kappa shape index (κ2) is 8.02. The molecule has 2 aromatic rings. The molecule has 13 heteroatoms. The second-order valence-electron chi connectivity index (χ2n) is 7.07. The molecule has 1 aromatic carbocycles. The number of nitrogens with zero attached hydrogens (tertiary/aromatic N) is 3. The smallest absolute Gasteiger partial charge is 0.331 e. The fourth-order valence-corrected chi connectivity index (χ4v) is 3.29. The zero-order valence-corrected chi connectivity index (χ0v) is 15.4. The number of likely N-dealkylation sites (tertiary alicyclic amines) is 1. The molecule has 1 unspecified atom stereocenters. The van der Waals surface area contributed by atoms with Crippen molar-refractivity contribution in [1.82, 2.24) is 14.9 Å². The number of alkyl halides is 5. The Morgan fingerprint density at radius 2 is 1.81 bits per heavy atom. The fraction of sp³-hybridized carbons (Fsp3) is 0.389. The Morgan fingerprint density at radius 3 is 2.45 bits per heavy atom. The summed E-state index contributed by atoms with van der Waals surface area (Å²) in [5.74, 6) is -10.5. The van der Waals surface area contributed by atoms with E-state index in [2.05, 4.69) is 9.97 Å². The Hall–Kier alpha value is -2.83. The van der Waals surface area contributed by atoms with Gasteiger partial charge in [0.05, 0.1) is 24.9 Å². The van der Waals surface area contributed by atoms with Crippen LogP contribution in [-0.4, -0.2) is 45.8 Å². The zero-order chi connectivity index (χ0) is 23.1. The van der Waals surface area contributed by atoms with Crippen LogP contribution in [0, 0.1) is 23.4 Å². The largest absolute Gasteiger partial charge is 0.434 e. The van der Waals surface area contributed by atoms with Crippen LogP contribution >= 0.6 is 0 Å². The molecule has 1 aliphatic heterocycles. The first-order valence-electron chi connectivity index (χ1n) is 8.75. The van der Waals surface area contributed by atoms with Gasteiger partial charge in [0.1, 0.15) is 11.5 Å². The van der Waals surface area contributed by atoms with E-state index in [0.29, 0.717) is 23.4 Å². The summed E-state index contributed by atoms with van der Waals surface area (Å²) in [6.45, 7) is -1.83. The first kappa shape index (κ1) is 22.8. The first-order valence-corrected chi connectivity index (χ1v) is 8.75. The van der Waals surface area contributed by atoms with Crippen LogP contribution in [0.1, 0.15) is 21.7 Å². The molecule has 0 bridgehead atoms. The van der Waals surface area contributed by atoms with Gasteiger partial charge in [0.2, 0.25) is 0 Å². The van der Waals surface area contributed by atoms with E-state index in [1.807, 2.05) is 0 Å². The van der Waals surface area contributed by atoms with E-state index >= 15 is 0 Å². The van der Waals surface area contributed by atoms with Crippen LogP contribution in [0.2, 0.25) is 0 Å². The topological polar surface area (TPSA) is 72.1 Å². The summed E-state index contributed by atoms with van der Waals surface area (Å²) in [6, 6.07) is -0.717. The van der Waals surface area contributed by atoms with Crippen molar-refractivity contribution < 1.29 is 39.9 Å². The summed E-state index contributed by atoms with van der Waals surface area (Å²) >= 11 is 0. The normalized spacial score (nSPS) is 19.5. The van der Waals surface area contributed by atoms with Gasteiger partial charge in [-0.15, -0.1) is 0 Å². The Morgan fingerprint density at radius 1 is 1.16 bits per heavy atom. The molecule has 168 valence electrons. The molecule has 0 spiro atoms. The minimum atomic E-state index is -4.89. The van der Waals surface area contributed by atoms with E-state index in [1.54, 1.807) is 0 Å². The summed E-state index contributed by atoms with van der Waals surface area (Å²) in [5.41, 5.74) is 3.06. The van der Waals surface area contributed by atoms with Gasteiger partial charge in [-0.3, -0.25) is 9.78 Å². The van der Waals surface area contributed by atoms with Crippen molar-refractivity contribution in [3.63, 3.8) is 0 Å². The van der Waals surface area contributed by atoms with Crippen molar-refractivity contribution in [2.24, 2.45) is 11.7 Å². The molecule has 1 amide bonds. The molecular weight excluding hydrogens is 440 g/mol. The van der Waals surface area contributed by atoms with E-state index in [0.717, 1.165) is 0 Å². The highest BCUT2D eigenvalue weighted by Crippen LogP contribution is 2.36. The van der Waals surface area contributed by atoms with Crippen molar-refractivity contribution in [3.8, 4) is 0 Å². The predicted octanol–water partition coefficient (Wildman–Crippen LogP) is 3.19. The third-order valence-electron chi connectivity index (χ3n) is 4.85. The Kier molecular flexibility index (Phi) is 5.91. The van der Waals surface area contributed by atoms with Gasteiger partial charge in [0.15, 0.2) is 17.3 Å². The van der Waals surface area contributed by atoms with Gasteiger partial charge in [-0.2, -0.15) is 13.2 Å². The molecule has 1 saturated heterocycles. The number of hydrogen-bond donors (Lipinski definition) is 1. The number of rotatable bonds is 4. The lowest BCUT2D eigenvalue weighted by Gasteiger charge is -2.24. The maximum atomic E-state index is 14.5. The van der Waals surface area contributed by atoms with E-state index in [-0.39, 0.29) is 6.07 Å². The number of carbonyl (C=O) groups is 1. The molecule has 3 rings (SSSR count). The zero-order valence-electron chi connectivity index (χ0n) is 15.4. The number of benzene rings is 1. The van der Waals surface area contributed by atoms with Crippen LogP contribution in [0.25, 0.3) is 0 Å². The third kappa shape index (κ3) is 4.75. The van der Waals surface area contributed by atoms with Gasteiger partial charge in [0, 0.05) is 18.7 Å². The third-order valence-corrected chi connectivity index (χ3v) is 4.85. The van der Waals surface area contributed by atoms with Gasteiger partial charge < -0.3 is 10.6 Å². The summed E-state index contributed by atoms with van der Waals surface area (Å²) in [5, 5.41) is 0. The highest BCUT2D eigenvalue weighted by atomic mass is 19.4. The van der Waals surface area contributed by atoms with Crippen molar-refractivity contribution in [2.75, 3.05) is 13.1 Å². The standard InChI is InChI=1S/C18H14F8N4O/c19-10-3-12(21)11(20)1-8(10)2-13(27)9-6-30(7-17(9,22)23)16(31)14-4-28-5-15(29-14)18(24,25)26/h1,3-5,9,13H,2,6-7,27H2/t9?,13-/m1/s1. The van der Waals surface area contributed by atoms with Crippen molar-refractivity contribution in [1.29, 1.82) is 0 Å². The van der Waals surface area contributed by atoms with E-state index in [9.17, 15) is 39.9 Å². The Balaban J connectivity index is 1.78. The summed E-state index contributed by atoms with van der Waals surface area (Å²) < 4.78 is 107. The molecular formula is C18H14F8N4O. The molecule has 2 heterocycles. The highest BCUT2D eigenvalue weighted by molar-refractivity contribution is 5.92. The molecule has 1 aromatic heterocycles. The number of carbonyl (C=O) groups excluding carboxylic acids is 1. The maximum absolute atomic E-state index is 14.5. The molecule has 0 radical (unpaired) electrons. The molecule has 0 aliphatic carbocycles. The van der Waals surface area contributed by atoms with Crippen LogP contribution in [0.15, 0.2) is 24.5 Å². The van der Waals surface area contributed by atoms with Crippen molar-refractivity contribution in [2.45, 2.75) is 24.6 Å².